The summed E-state index contributed by atoms with van der Waals surface area (Å²) in [7, 11) is 2.91. The van der Waals surface area contributed by atoms with Gasteiger partial charge in [0, 0.05) is 23.3 Å². The minimum atomic E-state index is -0.708. The van der Waals surface area contributed by atoms with Crippen molar-refractivity contribution >= 4 is 46.6 Å². The van der Waals surface area contributed by atoms with Gasteiger partial charge in [0.2, 0.25) is 5.91 Å². The number of methoxy groups -OCH3 is 1. The molecular weight excluding hydrogens is 569 g/mol. The Kier molecular flexibility index (Phi) is 8.40. The summed E-state index contributed by atoms with van der Waals surface area (Å²) in [5, 5.41) is 9.25. The lowest BCUT2D eigenvalue weighted by Gasteiger charge is -2.14. The third-order valence-corrected chi connectivity index (χ3v) is 6.21. The number of rotatable bonds is 8. The van der Waals surface area contributed by atoms with Crippen molar-refractivity contribution in [1.29, 1.82) is 0 Å². The standard InChI is InChI=1S/C26H21ClF2N6O4.ClH/c1-34-24-18(14-7-19(29)25(21(8-14)38-2)39-12-22-30-13-31-33-22)9-15(27)10-20(24)35(26(34)37)11-23(36)32-17-5-3-16(28)4-6-17;/h3-10,13H,11-12H2,1-2H3,(H,32,36)(H,30,31,33);1H. The maximum absolute atomic E-state index is 15.3. The Morgan fingerprint density at radius 3 is 2.58 bits per heavy atom. The van der Waals surface area contributed by atoms with Crippen molar-refractivity contribution in [3.63, 3.8) is 0 Å². The Bertz CT molecular complexity index is 1740. The Hall–Kier alpha value is -4.42. The van der Waals surface area contributed by atoms with Gasteiger partial charge in [-0.2, -0.15) is 5.10 Å². The average Bonchev–Trinajstić information content (AvgIpc) is 3.51. The third-order valence-electron chi connectivity index (χ3n) is 5.99. The number of anilines is 1. The Morgan fingerprint density at radius 2 is 1.90 bits per heavy atom. The predicted octanol–water partition coefficient (Wildman–Crippen LogP) is 4.70. The lowest BCUT2D eigenvalue weighted by atomic mass is 10.0. The molecule has 2 N–H and O–H groups in total. The molecule has 40 heavy (non-hydrogen) atoms. The Morgan fingerprint density at radius 1 is 1.15 bits per heavy atom. The minimum absolute atomic E-state index is 0. The summed E-state index contributed by atoms with van der Waals surface area (Å²) in [5.41, 5.74) is 1.49. The first kappa shape index (κ1) is 28.6. The number of hydrogen-bond donors (Lipinski definition) is 2. The van der Waals surface area contributed by atoms with E-state index in [-0.39, 0.29) is 42.1 Å². The molecule has 14 heteroatoms. The Balaban J connectivity index is 0.00000370. The maximum atomic E-state index is 15.3. The van der Waals surface area contributed by atoms with Crippen molar-refractivity contribution in [2.45, 2.75) is 13.2 Å². The molecule has 0 aliphatic rings. The highest BCUT2D eigenvalue weighted by Gasteiger charge is 2.21. The molecule has 0 saturated carbocycles. The number of amides is 1. The largest absolute Gasteiger partial charge is 0.493 e. The van der Waals surface area contributed by atoms with Gasteiger partial charge < -0.3 is 14.8 Å². The summed E-state index contributed by atoms with van der Waals surface area (Å²) < 4.78 is 42.0. The van der Waals surface area contributed by atoms with Crippen LogP contribution in [-0.2, 0) is 25.0 Å². The highest BCUT2D eigenvalue weighted by molar-refractivity contribution is 6.31. The van der Waals surface area contributed by atoms with Crippen LogP contribution in [0.15, 0.2) is 59.7 Å². The van der Waals surface area contributed by atoms with E-state index >= 15 is 4.39 Å². The van der Waals surface area contributed by atoms with Gasteiger partial charge in [0.25, 0.3) is 0 Å². The van der Waals surface area contributed by atoms with Gasteiger partial charge in [0.15, 0.2) is 23.1 Å². The number of hydrogen-bond acceptors (Lipinski definition) is 6. The van der Waals surface area contributed by atoms with Crippen LogP contribution in [0.1, 0.15) is 5.82 Å². The molecule has 0 radical (unpaired) electrons. The van der Waals surface area contributed by atoms with E-state index in [0.29, 0.717) is 33.7 Å². The van der Waals surface area contributed by atoms with Crippen LogP contribution in [0.25, 0.3) is 22.2 Å². The summed E-state index contributed by atoms with van der Waals surface area (Å²) in [6, 6.07) is 11.2. The summed E-state index contributed by atoms with van der Waals surface area (Å²) >= 11 is 6.41. The molecule has 5 aromatic rings. The fourth-order valence-corrected chi connectivity index (χ4v) is 4.44. The van der Waals surface area contributed by atoms with E-state index in [9.17, 15) is 14.0 Å². The van der Waals surface area contributed by atoms with E-state index in [2.05, 4.69) is 20.5 Å². The molecule has 10 nitrogen and oxygen atoms in total. The predicted molar refractivity (Wildman–Crippen MR) is 147 cm³/mol. The number of carbonyl (C=O) groups is 1. The number of aryl methyl sites for hydroxylation is 1. The molecule has 0 saturated heterocycles. The van der Waals surface area contributed by atoms with E-state index in [0.717, 1.165) is 0 Å². The average molecular weight is 591 g/mol. The number of halogens is 4. The van der Waals surface area contributed by atoms with Crippen LogP contribution in [0.2, 0.25) is 5.02 Å². The van der Waals surface area contributed by atoms with Crippen LogP contribution >= 0.6 is 24.0 Å². The molecule has 1 amide bonds. The van der Waals surface area contributed by atoms with Gasteiger partial charge >= 0.3 is 5.69 Å². The van der Waals surface area contributed by atoms with Gasteiger partial charge in [0.05, 0.1) is 18.1 Å². The number of H-pyrrole nitrogens is 1. The summed E-state index contributed by atoms with van der Waals surface area (Å²) in [6.07, 6.45) is 1.31. The first-order valence-corrected chi connectivity index (χ1v) is 11.9. The van der Waals surface area contributed by atoms with Crippen molar-refractivity contribution in [2.24, 2.45) is 7.05 Å². The second kappa shape index (κ2) is 11.8. The number of ether oxygens (including phenoxy) is 2. The molecule has 3 aromatic carbocycles. The zero-order valence-electron chi connectivity index (χ0n) is 21.1. The molecule has 0 spiro atoms. The number of nitrogens with zero attached hydrogens (tertiary/aromatic N) is 4. The maximum Gasteiger partial charge on any atom is 0.329 e. The van der Waals surface area contributed by atoms with Crippen LogP contribution in [0.3, 0.4) is 0 Å². The topological polar surface area (TPSA) is 116 Å². The monoisotopic (exact) mass is 590 g/mol. The van der Waals surface area contributed by atoms with Crippen LogP contribution in [0, 0.1) is 11.6 Å². The third kappa shape index (κ3) is 5.63. The molecule has 0 atom stereocenters. The lowest BCUT2D eigenvalue weighted by molar-refractivity contribution is -0.116. The number of imidazole rings is 1. The van der Waals surface area contributed by atoms with Crippen molar-refractivity contribution in [3.8, 4) is 22.6 Å². The van der Waals surface area contributed by atoms with Crippen LogP contribution in [-0.4, -0.2) is 37.3 Å². The number of fused-ring (bicyclic) bond motifs is 1. The first-order chi connectivity index (χ1) is 18.7. The van der Waals surface area contributed by atoms with Gasteiger partial charge in [-0.3, -0.25) is 19.0 Å². The minimum Gasteiger partial charge on any atom is -0.493 e. The van der Waals surface area contributed by atoms with Crippen LogP contribution in [0.5, 0.6) is 11.5 Å². The zero-order chi connectivity index (χ0) is 27.7. The van der Waals surface area contributed by atoms with Crippen molar-refractivity contribution in [3.05, 3.63) is 87.8 Å². The second-order valence-electron chi connectivity index (χ2n) is 8.51. The van der Waals surface area contributed by atoms with Gasteiger partial charge in [-0.1, -0.05) is 11.6 Å². The number of benzene rings is 3. The van der Waals surface area contributed by atoms with Crippen LogP contribution in [0.4, 0.5) is 14.5 Å². The Labute approximate surface area is 236 Å². The molecule has 0 aliphatic carbocycles. The fourth-order valence-electron chi connectivity index (χ4n) is 4.23. The van der Waals surface area contributed by atoms with Crippen LogP contribution < -0.4 is 20.5 Å². The SMILES string of the molecule is COc1cc(-c2cc(Cl)cc3c2n(C)c(=O)n3CC(=O)Nc2ccc(F)cc2)cc(F)c1OCc1ncn[nH]1.Cl. The van der Waals surface area contributed by atoms with Gasteiger partial charge in [0.1, 0.15) is 25.3 Å². The molecule has 2 aromatic heterocycles. The number of nitrogens with one attached hydrogen (secondary N) is 2. The highest BCUT2D eigenvalue weighted by atomic mass is 35.5. The molecule has 0 bridgehead atoms. The van der Waals surface area contributed by atoms with E-state index in [4.69, 9.17) is 21.1 Å². The normalized spacial score (nSPS) is 10.8. The molecule has 5 rings (SSSR count). The number of aromatic nitrogens is 5. The van der Waals surface area contributed by atoms with Gasteiger partial charge in [-0.25, -0.2) is 18.6 Å². The molecule has 0 fully saturated rings. The molecule has 2 heterocycles. The first-order valence-electron chi connectivity index (χ1n) is 11.5. The zero-order valence-corrected chi connectivity index (χ0v) is 22.6. The molecule has 0 unspecified atom stereocenters. The van der Waals surface area contributed by atoms with E-state index in [1.807, 2.05) is 0 Å². The van der Waals surface area contributed by atoms with Gasteiger partial charge in [-0.05, 0) is 54.1 Å². The highest BCUT2D eigenvalue weighted by Crippen LogP contribution is 2.39. The number of carbonyl (C=O) groups excluding carboxylic acids is 1. The van der Waals surface area contributed by atoms with E-state index in [1.165, 1.54) is 52.9 Å². The molecule has 208 valence electrons. The smallest absolute Gasteiger partial charge is 0.329 e. The van der Waals surface area contributed by atoms with Crippen molar-refractivity contribution < 1.29 is 23.0 Å². The van der Waals surface area contributed by atoms with E-state index in [1.54, 1.807) is 25.2 Å². The fraction of sp³-hybridized carbons (Fsp3) is 0.154. The number of aromatic amines is 1. The van der Waals surface area contributed by atoms with Crippen molar-refractivity contribution in [1.82, 2.24) is 24.3 Å². The quantitative estimate of drug-likeness (QED) is 0.270. The summed E-state index contributed by atoms with van der Waals surface area (Å²) in [5.74, 6) is -1.26. The van der Waals surface area contributed by atoms with Crippen molar-refractivity contribution in [2.75, 3.05) is 12.4 Å². The summed E-state index contributed by atoms with van der Waals surface area (Å²) in [6.45, 7) is -0.398. The second-order valence-corrected chi connectivity index (χ2v) is 8.95. The molecular formula is C26H22Cl2F2N6O4. The summed E-state index contributed by atoms with van der Waals surface area (Å²) in [4.78, 5) is 29.8. The molecule has 0 aliphatic heterocycles. The lowest BCUT2D eigenvalue weighted by Crippen LogP contribution is -2.28. The van der Waals surface area contributed by atoms with E-state index < -0.39 is 23.2 Å². The van der Waals surface area contributed by atoms with Gasteiger partial charge in [-0.15, -0.1) is 12.4 Å².